The molecule has 2 aromatic rings. The molecule has 1 aliphatic heterocycles. The quantitative estimate of drug-likeness (QED) is 0.919. The van der Waals surface area contributed by atoms with Gasteiger partial charge in [0.2, 0.25) is 5.95 Å². The van der Waals surface area contributed by atoms with Crippen LogP contribution in [0.3, 0.4) is 0 Å². The molecular weight excluding hydrogens is 293 g/mol. The van der Waals surface area contributed by atoms with Crippen molar-refractivity contribution in [3.63, 3.8) is 0 Å². The van der Waals surface area contributed by atoms with Crippen molar-refractivity contribution in [1.29, 1.82) is 0 Å². The Balaban J connectivity index is 1.68. The summed E-state index contributed by atoms with van der Waals surface area (Å²) in [6.07, 6.45) is 4.19. The van der Waals surface area contributed by atoms with E-state index in [1.807, 2.05) is 36.9 Å². The first kappa shape index (κ1) is 15.6. The molecule has 0 spiro atoms. The lowest BCUT2D eigenvalue weighted by Gasteiger charge is -2.19. The van der Waals surface area contributed by atoms with Crippen LogP contribution in [0.4, 0.5) is 16.2 Å². The largest absolute Gasteiger partial charge is 0.354 e. The van der Waals surface area contributed by atoms with Gasteiger partial charge < -0.3 is 10.2 Å². The normalized spacial score (nSPS) is 15.7. The molecule has 5 nitrogen and oxygen atoms in total. The highest BCUT2D eigenvalue weighted by molar-refractivity contribution is 5.45. The highest BCUT2D eigenvalue weighted by atomic mass is 19.1. The summed E-state index contributed by atoms with van der Waals surface area (Å²) in [6, 6.07) is 6.10. The second-order valence-corrected chi connectivity index (χ2v) is 6.08. The Hall–Kier alpha value is -2.24. The van der Waals surface area contributed by atoms with Gasteiger partial charge in [-0.15, -0.1) is 0 Å². The molecule has 3 rings (SSSR count). The zero-order valence-corrected chi connectivity index (χ0v) is 13.6. The molecule has 1 aliphatic rings. The van der Waals surface area contributed by atoms with E-state index in [2.05, 4.69) is 20.3 Å². The SMILES string of the molecule is Cc1cccc(CC(C)Nc2ncc(F)c(N3CCCC3)n2)n1. The summed E-state index contributed by atoms with van der Waals surface area (Å²) < 4.78 is 13.9. The minimum Gasteiger partial charge on any atom is -0.354 e. The maximum atomic E-state index is 13.9. The zero-order valence-electron chi connectivity index (χ0n) is 13.6. The summed E-state index contributed by atoms with van der Waals surface area (Å²) in [5.41, 5.74) is 2.02. The summed E-state index contributed by atoms with van der Waals surface area (Å²) in [5, 5.41) is 3.25. The number of hydrogen-bond donors (Lipinski definition) is 1. The number of anilines is 2. The van der Waals surface area contributed by atoms with Crippen LogP contribution in [0.25, 0.3) is 0 Å². The van der Waals surface area contributed by atoms with Crippen molar-refractivity contribution in [2.75, 3.05) is 23.3 Å². The lowest BCUT2D eigenvalue weighted by atomic mass is 10.1. The second kappa shape index (κ2) is 6.89. The molecule has 0 aliphatic carbocycles. The van der Waals surface area contributed by atoms with Gasteiger partial charge in [0, 0.05) is 36.9 Å². The van der Waals surface area contributed by atoms with Crippen molar-refractivity contribution < 1.29 is 4.39 Å². The number of hydrogen-bond acceptors (Lipinski definition) is 5. The van der Waals surface area contributed by atoms with Gasteiger partial charge in [0.25, 0.3) is 0 Å². The first-order chi connectivity index (χ1) is 11.1. The summed E-state index contributed by atoms with van der Waals surface area (Å²) in [4.78, 5) is 14.9. The molecule has 23 heavy (non-hydrogen) atoms. The third-order valence-corrected chi connectivity index (χ3v) is 3.97. The van der Waals surface area contributed by atoms with E-state index in [0.717, 1.165) is 43.7 Å². The number of aryl methyl sites for hydroxylation is 1. The predicted molar refractivity (Wildman–Crippen MR) is 89.2 cm³/mol. The fourth-order valence-electron chi connectivity index (χ4n) is 2.88. The summed E-state index contributed by atoms with van der Waals surface area (Å²) in [6.45, 7) is 5.74. The number of nitrogens with one attached hydrogen (secondary N) is 1. The van der Waals surface area contributed by atoms with Crippen molar-refractivity contribution in [1.82, 2.24) is 15.0 Å². The standard InChI is InChI=1S/C17H22FN5/c1-12-6-5-7-14(20-12)10-13(2)21-17-19-11-15(18)16(22-17)23-8-3-4-9-23/h5-7,11,13H,3-4,8-10H2,1-2H3,(H,19,21,22). The average molecular weight is 315 g/mol. The van der Waals surface area contributed by atoms with Gasteiger partial charge in [0.05, 0.1) is 6.20 Å². The fraction of sp³-hybridized carbons (Fsp3) is 0.471. The van der Waals surface area contributed by atoms with Gasteiger partial charge in [0.1, 0.15) is 0 Å². The van der Waals surface area contributed by atoms with Crippen LogP contribution >= 0.6 is 0 Å². The molecule has 6 heteroatoms. The fourth-order valence-corrected chi connectivity index (χ4v) is 2.88. The number of nitrogens with zero attached hydrogens (tertiary/aromatic N) is 4. The third-order valence-electron chi connectivity index (χ3n) is 3.97. The van der Waals surface area contributed by atoms with E-state index < -0.39 is 0 Å². The molecule has 0 aromatic carbocycles. The first-order valence-electron chi connectivity index (χ1n) is 8.08. The Labute approximate surface area is 136 Å². The monoisotopic (exact) mass is 315 g/mol. The van der Waals surface area contributed by atoms with Gasteiger partial charge in [0.15, 0.2) is 11.6 Å². The van der Waals surface area contributed by atoms with E-state index in [1.54, 1.807) is 0 Å². The molecular formula is C17H22FN5. The molecule has 1 atom stereocenters. The Morgan fingerprint density at radius 2 is 2.04 bits per heavy atom. The van der Waals surface area contributed by atoms with Crippen LogP contribution in [-0.4, -0.2) is 34.1 Å². The van der Waals surface area contributed by atoms with Crippen molar-refractivity contribution in [3.8, 4) is 0 Å². The molecule has 1 unspecified atom stereocenters. The van der Waals surface area contributed by atoms with Crippen molar-refractivity contribution in [3.05, 3.63) is 41.6 Å². The zero-order chi connectivity index (χ0) is 16.2. The van der Waals surface area contributed by atoms with Crippen LogP contribution in [0.1, 0.15) is 31.2 Å². The average Bonchev–Trinajstić information content (AvgIpc) is 3.03. The number of aromatic nitrogens is 3. The first-order valence-corrected chi connectivity index (χ1v) is 8.08. The van der Waals surface area contributed by atoms with Gasteiger partial charge in [-0.25, -0.2) is 9.37 Å². The molecule has 1 fully saturated rings. The highest BCUT2D eigenvalue weighted by Crippen LogP contribution is 2.22. The molecule has 0 saturated carbocycles. The van der Waals surface area contributed by atoms with Gasteiger partial charge in [-0.2, -0.15) is 4.98 Å². The van der Waals surface area contributed by atoms with E-state index >= 15 is 0 Å². The molecule has 0 amide bonds. The van der Waals surface area contributed by atoms with Gasteiger partial charge in [-0.05, 0) is 38.8 Å². The van der Waals surface area contributed by atoms with Crippen molar-refractivity contribution in [2.45, 2.75) is 39.2 Å². The van der Waals surface area contributed by atoms with Crippen LogP contribution in [0, 0.1) is 12.7 Å². The molecule has 2 aromatic heterocycles. The number of rotatable bonds is 5. The van der Waals surface area contributed by atoms with E-state index in [0.29, 0.717) is 11.8 Å². The molecule has 1 saturated heterocycles. The van der Waals surface area contributed by atoms with Crippen LogP contribution in [0.15, 0.2) is 24.4 Å². The van der Waals surface area contributed by atoms with Crippen molar-refractivity contribution in [2.24, 2.45) is 0 Å². The van der Waals surface area contributed by atoms with Gasteiger partial charge in [-0.3, -0.25) is 4.98 Å². The smallest absolute Gasteiger partial charge is 0.225 e. The maximum absolute atomic E-state index is 13.9. The Morgan fingerprint density at radius 3 is 2.78 bits per heavy atom. The Bertz CT molecular complexity index is 670. The maximum Gasteiger partial charge on any atom is 0.225 e. The third kappa shape index (κ3) is 3.94. The van der Waals surface area contributed by atoms with Crippen molar-refractivity contribution >= 4 is 11.8 Å². The topological polar surface area (TPSA) is 53.9 Å². The van der Waals surface area contributed by atoms with Crippen LogP contribution < -0.4 is 10.2 Å². The number of pyridine rings is 1. The molecule has 0 bridgehead atoms. The van der Waals surface area contributed by atoms with Crippen LogP contribution in [-0.2, 0) is 6.42 Å². The van der Waals surface area contributed by atoms with E-state index in [-0.39, 0.29) is 11.9 Å². The summed E-state index contributed by atoms with van der Waals surface area (Å²) in [7, 11) is 0. The highest BCUT2D eigenvalue weighted by Gasteiger charge is 2.19. The van der Waals surface area contributed by atoms with Crippen LogP contribution in [0.2, 0.25) is 0 Å². The second-order valence-electron chi connectivity index (χ2n) is 6.08. The van der Waals surface area contributed by atoms with E-state index in [1.165, 1.54) is 6.20 Å². The minimum absolute atomic E-state index is 0.112. The summed E-state index contributed by atoms with van der Waals surface area (Å²) in [5.74, 6) is 0.514. The van der Waals surface area contributed by atoms with Gasteiger partial charge >= 0.3 is 0 Å². The van der Waals surface area contributed by atoms with Gasteiger partial charge in [-0.1, -0.05) is 6.07 Å². The number of halogens is 1. The lowest BCUT2D eigenvalue weighted by Crippen LogP contribution is -2.24. The predicted octanol–water partition coefficient (Wildman–Crippen LogP) is 2.96. The van der Waals surface area contributed by atoms with E-state index in [9.17, 15) is 4.39 Å². The molecule has 122 valence electrons. The van der Waals surface area contributed by atoms with E-state index in [4.69, 9.17) is 0 Å². The Kier molecular flexibility index (Phi) is 4.69. The molecule has 0 radical (unpaired) electrons. The molecule has 1 N–H and O–H groups in total. The molecule has 3 heterocycles. The lowest BCUT2D eigenvalue weighted by molar-refractivity contribution is 0.607. The Morgan fingerprint density at radius 1 is 1.26 bits per heavy atom. The minimum atomic E-state index is -0.356. The summed E-state index contributed by atoms with van der Waals surface area (Å²) >= 11 is 0. The van der Waals surface area contributed by atoms with Crippen LogP contribution in [0.5, 0.6) is 0 Å².